The fourth-order valence-corrected chi connectivity index (χ4v) is 3.34. The first-order valence-corrected chi connectivity index (χ1v) is 8.35. The van der Waals surface area contributed by atoms with Gasteiger partial charge in [-0.25, -0.2) is 5.48 Å². The number of aliphatic hydroxyl groups is 1. The maximum Gasteiger partial charge on any atom is 0.246 e. The molecule has 1 aliphatic rings. The highest BCUT2D eigenvalue weighted by Gasteiger charge is 2.36. The number of benzene rings is 1. The number of hydrogen-bond donors (Lipinski definition) is 4. The zero-order valence-corrected chi connectivity index (χ0v) is 14.3. The van der Waals surface area contributed by atoms with E-state index < -0.39 is 29.9 Å². The van der Waals surface area contributed by atoms with E-state index in [1.54, 1.807) is 12.4 Å². The predicted octanol–water partition coefficient (Wildman–Crippen LogP) is 1.56. The van der Waals surface area contributed by atoms with Crippen LogP contribution in [0.2, 0.25) is 0 Å². The molecule has 1 aromatic rings. The fraction of sp³-hybridized carbons (Fsp3) is 0.556. The van der Waals surface area contributed by atoms with Gasteiger partial charge in [-0.05, 0) is 23.5 Å². The van der Waals surface area contributed by atoms with Gasteiger partial charge in [-0.3, -0.25) is 14.8 Å². The van der Waals surface area contributed by atoms with Crippen LogP contribution in [0.15, 0.2) is 24.3 Å². The van der Waals surface area contributed by atoms with Crippen LogP contribution < -0.4 is 10.8 Å². The molecule has 2 amide bonds. The standard InChI is InChI=1S/C18H26N2O4/c1-10(2)8-14(11(3)17(22)20-24)18(23)19-16-13-7-5-4-6-12(13)9-15(16)21/h4-7,10-11,14-16,21,24H,8-9H2,1-3H3,(H,19,23)(H,20,22)/t11-,14+,15+,16-/m0/s1. The molecule has 0 saturated carbocycles. The third-order valence-corrected chi connectivity index (χ3v) is 4.69. The van der Waals surface area contributed by atoms with E-state index in [2.05, 4.69) is 5.32 Å². The smallest absolute Gasteiger partial charge is 0.246 e. The summed E-state index contributed by atoms with van der Waals surface area (Å²) < 4.78 is 0. The van der Waals surface area contributed by atoms with Crippen LogP contribution in [0.4, 0.5) is 0 Å². The van der Waals surface area contributed by atoms with Crippen LogP contribution in [0.5, 0.6) is 0 Å². The number of aliphatic hydroxyl groups excluding tert-OH is 1. The van der Waals surface area contributed by atoms with E-state index in [9.17, 15) is 14.7 Å². The molecule has 0 aliphatic heterocycles. The molecule has 0 radical (unpaired) electrons. The van der Waals surface area contributed by atoms with Gasteiger partial charge in [-0.1, -0.05) is 45.0 Å². The highest BCUT2D eigenvalue weighted by molar-refractivity contribution is 5.87. The van der Waals surface area contributed by atoms with Crippen molar-refractivity contribution in [1.82, 2.24) is 10.8 Å². The van der Waals surface area contributed by atoms with Crippen molar-refractivity contribution >= 4 is 11.8 Å². The van der Waals surface area contributed by atoms with E-state index in [4.69, 9.17) is 5.21 Å². The highest BCUT2D eigenvalue weighted by Crippen LogP contribution is 2.32. The quantitative estimate of drug-likeness (QED) is 0.469. The molecule has 0 heterocycles. The maximum atomic E-state index is 12.8. The van der Waals surface area contributed by atoms with Crippen molar-refractivity contribution in [2.75, 3.05) is 0 Å². The molecular formula is C18H26N2O4. The summed E-state index contributed by atoms with van der Waals surface area (Å²) in [6.07, 6.45) is 0.348. The first-order chi connectivity index (χ1) is 11.3. The van der Waals surface area contributed by atoms with Gasteiger partial charge in [0.15, 0.2) is 0 Å². The van der Waals surface area contributed by atoms with Crippen LogP contribution in [0, 0.1) is 17.8 Å². The number of carbonyl (C=O) groups is 2. The van der Waals surface area contributed by atoms with Gasteiger partial charge >= 0.3 is 0 Å². The molecule has 6 nitrogen and oxygen atoms in total. The third kappa shape index (κ3) is 3.94. The Morgan fingerprint density at radius 1 is 1.21 bits per heavy atom. The average molecular weight is 334 g/mol. The van der Waals surface area contributed by atoms with Crippen molar-refractivity contribution in [3.8, 4) is 0 Å². The van der Waals surface area contributed by atoms with Crippen LogP contribution in [0.25, 0.3) is 0 Å². The van der Waals surface area contributed by atoms with Crippen LogP contribution in [0.3, 0.4) is 0 Å². The van der Waals surface area contributed by atoms with Gasteiger partial charge in [0, 0.05) is 18.3 Å². The Labute approximate surface area is 142 Å². The van der Waals surface area contributed by atoms with Crippen molar-refractivity contribution < 1.29 is 19.9 Å². The van der Waals surface area contributed by atoms with E-state index >= 15 is 0 Å². The number of rotatable bonds is 6. The number of fused-ring (bicyclic) bond motifs is 1. The molecule has 1 aromatic carbocycles. The lowest BCUT2D eigenvalue weighted by molar-refractivity contribution is -0.140. The second-order valence-electron chi connectivity index (χ2n) is 6.96. The fourth-order valence-electron chi connectivity index (χ4n) is 3.34. The molecule has 24 heavy (non-hydrogen) atoms. The summed E-state index contributed by atoms with van der Waals surface area (Å²) in [5, 5.41) is 22.0. The Balaban J connectivity index is 2.17. The van der Waals surface area contributed by atoms with Crippen LogP contribution in [0.1, 0.15) is 44.4 Å². The van der Waals surface area contributed by atoms with Gasteiger partial charge in [-0.15, -0.1) is 0 Å². The molecule has 4 N–H and O–H groups in total. The first-order valence-electron chi connectivity index (χ1n) is 8.35. The molecular weight excluding hydrogens is 308 g/mol. The lowest BCUT2D eigenvalue weighted by atomic mass is 9.85. The molecule has 0 aromatic heterocycles. The van der Waals surface area contributed by atoms with Gasteiger partial charge < -0.3 is 10.4 Å². The number of hydroxylamine groups is 1. The Morgan fingerprint density at radius 3 is 2.50 bits per heavy atom. The minimum Gasteiger partial charge on any atom is -0.390 e. The van der Waals surface area contributed by atoms with Gasteiger partial charge in [0.25, 0.3) is 0 Å². The monoisotopic (exact) mass is 334 g/mol. The average Bonchev–Trinajstić information content (AvgIpc) is 2.86. The van der Waals surface area contributed by atoms with E-state index in [1.807, 2.05) is 38.1 Å². The summed E-state index contributed by atoms with van der Waals surface area (Å²) in [5.41, 5.74) is 3.57. The Kier molecular flexibility index (Phi) is 5.96. The lowest BCUT2D eigenvalue weighted by Crippen LogP contribution is -2.43. The molecule has 1 aliphatic carbocycles. The molecule has 0 bridgehead atoms. The van der Waals surface area contributed by atoms with E-state index in [0.717, 1.165) is 11.1 Å². The number of hydrogen-bond acceptors (Lipinski definition) is 4. The van der Waals surface area contributed by atoms with Crippen molar-refractivity contribution in [1.29, 1.82) is 0 Å². The Hall–Kier alpha value is -1.92. The van der Waals surface area contributed by atoms with Gasteiger partial charge in [0.2, 0.25) is 11.8 Å². The molecule has 0 fully saturated rings. The van der Waals surface area contributed by atoms with E-state index in [0.29, 0.717) is 12.8 Å². The number of amides is 2. The summed E-state index contributed by atoms with van der Waals surface area (Å²) in [4.78, 5) is 24.5. The lowest BCUT2D eigenvalue weighted by Gasteiger charge is -2.26. The van der Waals surface area contributed by atoms with Crippen LogP contribution >= 0.6 is 0 Å². The summed E-state index contributed by atoms with van der Waals surface area (Å²) in [7, 11) is 0. The molecule has 0 spiro atoms. The van der Waals surface area contributed by atoms with Gasteiger partial charge in [0.05, 0.1) is 12.1 Å². The van der Waals surface area contributed by atoms with E-state index in [1.165, 1.54) is 0 Å². The summed E-state index contributed by atoms with van der Waals surface area (Å²) in [6, 6.07) is 7.16. The van der Waals surface area contributed by atoms with Crippen LogP contribution in [-0.2, 0) is 16.0 Å². The second-order valence-corrected chi connectivity index (χ2v) is 6.96. The molecule has 0 unspecified atom stereocenters. The van der Waals surface area contributed by atoms with Gasteiger partial charge in [-0.2, -0.15) is 0 Å². The van der Waals surface area contributed by atoms with Crippen molar-refractivity contribution in [2.24, 2.45) is 17.8 Å². The second kappa shape index (κ2) is 7.77. The minimum atomic E-state index is -0.673. The number of carbonyl (C=O) groups excluding carboxylic acids is 2. The Morgan fingerprint density at radius 2 is 1.88 bits per heavy atom. The normalized spacial score (nSPS) is 21.9. The zero-order valence-electron chi connectivity index (χ0n) is 14.3. The molecule has 2 rings (SSSR count). The molecule has 132 valence electrons. The molecule has 6 heteroatoms. The first kappa shape index (κ1) is 18.4. The van der Waals surface area contributed by atoms with Crippen molar-refractivity contribution in [3.05, 3.63) is 35.4 Å². The summed E-state index contributed by atoms with van der Waals surface area (Å²) in [5.74, 6) is -1.87. The largest absolute Gasteiger partial charge is 0.390 e. The summed E-state index contributed by atoms with van der Waals surface area (Å²) in [6.45, 7) is 5.57. The molecule has 0 saturated heterocycles. The third-order valence-electron chi connectivity index (χ3n) is 4.69. The minimum absolute atomic E-state index is 0.218. The topological polar surface area (TPSA) is 98.7 Å². The van der Waals surface area contributed by atoms with E-state index in [-0.39, 0.29) is 11.8 Å². The maximum absolute atomic E-state index is 12.8. The summed E-state index contributed by atoms with van der Waals surface area (Å²) >= 11 is 0. The SMILES string of the molecule is CC(C)C[C@@H](C(=O)N[C@H]1c2ccccc2C[C@H]1O)[C@H](C)C(=O)NO. The van der Waals surface area contributed by atoms with Crippen molar-refractivity contribution in [2.45, 2.75) is 45.8 Å². The molecule has 4 atom stereocenters. The van der Waals surface area contributed by atoms with Gasteiger partial charge in [0.1, 0.15) is 0 Å². The highest BCUT2D eigenvalue weighted by atomic mass is 16.5. The van der Waals surface area contributed by atoms with Crippen LogP contribution in [-0.4, -0.2) is 28.2 Å². The van der Waals surface area contributed by atoms with Crippen molar-refractivity contribution in [3.63, 3.8) is 0 Å². The number of nitrogens with one attached hydrogen (secondary N) is 2. The Bertz CT molecular complexity index is 602. The zero-order chi connectivity index (χ0) is 17.9. The predicted molar refractivity (Wildman–Crippen MR) is 89.1 cm³/mol.